The van der Waals surface area contributed by atoms with Gasteiger partial charge in [0.05, 0.1) is 11.5 Å². The van der Waals surface area contributed by atoms with Crippen molar-refractivity contribution in [1.29, 1.82) is 0 Å². The molecule has 1 aliphatic heterocycles. The molecule has 0 radical (unpaired) electrons. The number of nitrogens with zero attached hydrogens (tertiary/aromatic N) is 3. The van der Waals surface area contributed by atoms with Crippen molar-refractivity contribution in [1.82, 2.24) is 19.9 Å². The Morgan fingerprint density at radius 3 is 2.76 bits per heavy atom. The van der Waals surface area contributed by atoms with E-state index in [-0.39, 0.29) is 18.1 Å². The molecule has 0 unspecified atom stereocenters. The molecule has 0 aromatic carbocycles. The number of aliphatic hydroxyl groups is 1. The molecule has 182 valence electrons. The van der Waals surface area contributed by atoms with Crippen LogP contribution < -0.4 is 10.6 Å². The van der Waals surface area contributed by atoms with Crippen LogP contribution in [0.4, 0.5) is 10.6 Å². The third-order valence-corrected chi connectivity index (χ3v) is 6.20. The summed E-state index contributed by atoms with van der Waals surface area (Å²) in [4.78, 5) is 21.3. The summed E-state index contributed by atoms with van der Waals surface area (Å²) in [6.07, 6.45) is 7.94. The summed E-state index contributed by atoms with van der Waals surface area (Å²) in [7, 11) is 0. The molecule has 3 N–H and O–H groups in total. The van der Waals surface area contributed by atoms with Crippen LogP contribution in [0, 0.1) is 5.92 Å². The second-order valence-electron chi connectivity index (χ2n) is 10.7. The number of alkyl carbamates (subject to hydrolysis) is 1. The highest BCUT2D eigenvalue weighted by atomic mass is 16.6. The minimum atomic E-state index is -1.26. The number of anilines is 1. The average Bonchev–Trinajstić information content (AvgIpc) is 3.23. The molecule has 1 amide bonds. The quantitative estimate of drug-likeness (QED) is 0.584. The predicted octanol–water partition coefficient (Wildman–Crippen LogP) is 3.77. The van der Waals surface area contributed by atoms with Gasteiger partial charge in [0.25, 0.3) is 0 Å². The summed E-state index contributed by atoms with van der Waals surface area (Å²) >= 11 is 0. The zero-order valence-electron chi connectivity index (χ0n) is 20.4. The molecule has 2 aromatic heterocycles. The van der Waals surface area contributed by atoms with Gasteiger partial charge in [-0.1, -0.05) is 0 Å². The minimum absolute atomic E-state index is 0.0324. The van der Waals surface area contributed by atoms with E-state index < -0.39 is 17.5 Å². The molecule has 4 rings (SSSR count). The first-order valence-corrected chi connectivity index (χ1v) is 12.0. The molecular weight excluding hydrogens is 422 g/mol. The van der Waals surface area contributed by atoms with Crippen LogP contribution in [-0.2, 0) is 15.9 Å². The van der Waals surface area contributed by atoms with Crippen molar-refractivity contribution in [3.05, 3.63) is 18.1 Å². The third kappa shape index (κ3) is 5.76. The van der Waals surface area contributed by atoms with Crippen molar-refractivity contribution in [3.63, 3.8) is 0 Å². The Balaban J connectivity index is 1.57. The Morgan fingerprint density at radius 1 is 1.24 bits per heavy atom. The zero-order valence-corrected chi connectivity index (χ0v) is 20.4. The van der Waals surface area contributed by atoms with Gasteiger partial charge >= 0.3 is 6.09 Å². The van der Waals surface area contributed by atoms with Gasteiger partial charge in [-0.3, -0.25) is 0 Å². The lowest BCUT2D eigenvalue weighted by Crippen LogP contribution is -2.39. The maximum Gasteiger partial charge on any atom is 0.407 e. The van der Waals surface area contributed by atoms with E-state index in [4.69, 9.17) is 9.47 Å². The van der Waals surface area contributed by atoms with E-state index in [2.05, 4.69) is 31.4 Å². The molecule has 9 heteroatoms. The molecular formula is C24H37N5O4. The van der Waals surface area contributed by atoms with Gasteiger partial charge in [-0.15, -0.1) is 0 Å². The molecule has 3 atom stereocenters. The fourth-order valence-corrected chi connectivity index (χ4v) is 4.95. The number of ether oxygens (including phenoxy) is 2. The van der Waals surface area contributed by atoms with Crippen LogP contribution in [0.25, 0.3) is 11.0 Å². The number of nitrogens with one attached hydrogen (secondary N) is 2. The van der Waals surface area contributed by atoms with Crippen molar-refractivity contribution in [2.24, 2.45) is 5.92 Å². The highest BCUT2D eigenvalue weighted by molar-refractivity contribution is 5.91. The summed E-state index contributed by atoms with van der Waals surface area (Å²) in [6.45, 7) is 10.1. The monoisotopic (exact) mass is 459 g/mol. The van der Waals surface area contributed by atoms with Crippen LogP contribution in [0.3, 0.4) is 0 Å². The molecule has 9 nitrogen and oxygen atoms in total. The molecule has 0 saturated heterocycles. The Kier molecular flexibility index (Phi) is 6.55. The lowest BCUT2D eigenvalue weighted by Gasteiger charge is -2.28. The SMILES string of the molecule is CC(C)(C)OC(=O)NC[C@H]1C[C@@H](n2cc3c4c(ncnc42)NCCCC3)C[C@@H]1OC(C)(C)O. The zero-order chi connectivity index (χ0) is 23.8. The number of aryl methyl sites for hydroxylation is 1. The number of hydrogen-bond acceptors (Lipinski definition) is 7. The molecule has 0 bridgehead atoms. The van der Waals surface area contributed by atoms with Gasteiger partial charge in [-0.05, 0) is 72.3 Å². The second kappa shape index (κ2) is 9.10. The number of carbonyl (C=O) groups is 1. The maximum absolute atomic E-state index is 12.2. The van der Waals surface area contributed by atoms with Gasteiger partial charge in [0.2, 0.25) is 0 Å². The van der Waals surface area contributed by atoms with Gasteiger partial charge in [0, 0.05) is 31.2 Å². The normalized spacial score (nSPS) is 23.6. The molecule has 0 spiro atoms. The smallest absolute Gasteiger partial charge is 0.407 e. The first-order valence-electron chi connectivity index (χ1n) is 12.0. The third-order valence-electron chi connectivity index (χ3n) is 6.20. The highest BCUT2D eigenvalue weighted by Gasteiger charge is 2.39. The molecule has 33 heavy (non-hydrogen) atoms. The number of carbonyl (C=O) groups excluding carboxylic acids is 1. The molecule has 2 aliphatic rings. The Bertz CT molecular complexity index is 991. The standard InChI is InChI=1S/C24H37N5O4/c1-23(2,3)33-22(30)26-12-16-10-17(11-18(16)32-24(4,5)31)29-13-15-8-6-7-9-25-20-19(15)21(29)28-14-27-20/h13-14,16-18,31H,6-12H2,1-5H3,(H,26,30)(H,25,27,28)/t16-,17-,18+/m1/s1. The van der Waals surface area contributed by atoms with E-state index in [0.29, 0.717) is 6.54 Å². The molecule has 2 aromatic rings. The maximum atomic E-state index is 12.2. The van der Waals surface area contributed by atoms with E-state index in [1.54, 1.807) is 20.2 Å². The minimum Gasteiger partial charge on any atom is -0.444 e. The van der Waals surface area contributed by atoms with Crippen molar-refractivity contribution in [3.8, 4) is 0 Å². The van der Waals surface area contributed by atoms with E-state index >= 15 is 0 Å². The first-order chi connectivity index (χ1) is 15.5. The van der Waals surface area contributed by atoms with Crippen LogP contribution in [0.15, 0.2) is 12.5 Å². The lowest BCUT2D eigenvalue weighted by molar-refractivity contribution is -0.212. The van der Waals surface area contributed by atoms with E-state index in [0.717, 1.165) is 55.5 Å². The fourth-order valence-electron chi connectivity index (χ4n) is 4.95. The molecule has 1 saturated carbocycles. The fraction of sp³-hybridized carbons (Fsp3) is 0.708. The van der Waals surface area contributed by atoms with Crippen LogP contribution in [0.5, 0.6) is 0 Å². The van der Waals surface area contributed by atoms with Crippen LogP contribution in [0.1, 0.15) is 71.9 Å². The number of aromatic nitrogens is 3. The van der Waals surface area contributed by atoms with Crippen LogP contribution in [-0.4, -0.2) is 56.3 Å². The first kappa shape index (κ1) is 23.8. The van der Waals surface area contributed by atoms with E-state index in [1.807, 2.05) is 20.8 Å². The Labute approximate surface area is 195 Å². The Hall–Kier alpha value is -2.39. The van der Waals surface area contributed by atoms with Crippen molar-refractivity contribution in [2.75, 3.05) is 18.4 Å². The summed E-state index contributed by atoms with van der Waals surface area (Å²) in [5.41, 5.74) is 1.64. The van der Waals surface area contributed by atoms with Gasteiger partial charge in [-0.2, -0.15) is 0 Å². The number of hydrogen-bond donors (Lipinski definition) is 3. The van der Waals surface area contributed by atoms with Gasteiger partial charge in [-0.25, -0.2) is 14.8 Å². The molecule has 1 aliphatic carbocycles. The van der Waals surface area contributed by atoms with Crippen molar-refractivity contribution in [2.45, 2.75) is 90.3 Å². The second-order valence-corrected chi connectivity index (χ2v) is 10.7. The van der Waals surface area contributed by atoms with Crippen molar-refractivity contribution < 1.29 is 19.4 Å². The molecule has 1 fully saturated rings. The van der Waals surface area contributed by atoms with Crippen LogP contribution >= 0.6 is 0 Å². The van der Waals surface area contributed by atoms with E-state index in [1.165, 1.54) is 5.56 Å². The summed E-state index contributed by atoms with van der Waals surface area (Å²) in [5.74, 6) is -0.324. The largest absolute Gasteiger partial charge is 0.444 e. The van der Waals surface area contributed by atoms with E-state index in [9.17, 15) is 9.90 Å². The number of amides is 1. The molecule has 3 heterocycles. The lowest BCUT2D eigenvalue weighted by atomic mass is 10.1. The summed E-state index contributed by atoms with van der Waals surface area (Å²) in [5, 5.41) is 17.8. The predicted molar refractivity (Wildman–Crippen MR) is 126 cm³/mol. The van der Waals surface area contributed by atoms with Gasteiger partial charge in [0.15, 0.2) is 5.79 Å². The Morgan fingerprint density at radius 2 is 2.03 bits per heavy atom. The van der Waals surface area contributed by atoms with Gasteiger partial charge in [0.1, 0.15) is 23.4 Å². The highest BCUT2D eigenvalue weighted by Crippen LogP contribution is 2.41. The van der Waals surface area contributed by atoms with Crippen LogP contribution in [0.2, 0.25) is 0 Å². The average molecular weight is 460 g/mol. The summed E-state index contributed by atoms with van der Waals surface area (Å²) in [6, 6.07) is 0.141. The van der Waals surface area contributed by atoms with Gasteiger partial charge < -0.3 is 29.8 Å². The summed E-state index contributed by atoms with van der Waals surface area (Å²) < 4.78 is 13.7. The number of rotatable bonds is 5. The topological polar surface area (TPSA) is 111 Å². The van der Waals surface area contributed by atoms with Crippen molar-refractivity contribution >= 4 is 22.9 Å².